The highest BCUT2D eigenvalue weighted by Crippen LogP contribution is 2.09. The molecule has 0 saturated carbocycles. The van der Waals surface area contributed by atoms with Gasteiger partial charge in [-0.3, -0.25) is 0 Å². The smallest absolute Gasteiger partial charge is 0.224 e. The first-order valence-corrected chi connectivity index (χ1v) is 3.38. The Bertz CT molecular complexity index is 236. The Morgan fingerprint density at radius 2 is 2.40 bits per heavy atom. The quantitative estimate of drug-likeness (QED) is 0.625. The lowest BCUT2D eigenvalue weighted by Crippen LogP contribution is -1.97. The second-order valence-electron chi connectivity index (χ2n) is 1.90. The summed E-state index contributed by atoms with van der Waals surface area (Å²) in [7, 11) is 0. The minimum atomic E-state index is 0.203. The summed E-state index contributed by atoms with van der Waals surface area (Å²) < 4.78 is 0. The fourth-order valence-electron chi connectivity index (χ4n) is 0.670. The standard InChI is InChI=1S/C6H8ClN3/c1-2-4-3-9-6(7)10-5(4)8/h3H,2H2,1H3,(H2,8,9,10). The maximum Gasteiger partial charge on any atom is 0.224 e. The van der Waals surface area contributed by atoms with Gasteiger partial charge in [0.15, 0.2) is 0 Å². The summed E-state index contributed by atoms with van der Waals surface area (Å²) in [5, 5.41) is 0.203. The first kappa shape index (κ1) is 7.28. The summed E-state index contributed by atoms with van der Waals surface area (Å²) in [5.74, 6) is 0.475. The number of aromatic nitrogens is 2. The molecule has 1 heterocycles. The average Bonchev–Trinajstić information content (AvgIpc) is 1.88. The van der Waals surface area contributed by atoms with E-state index in [2.05, 4.69) is 9.97 Å². The van der Waals surface area contributed by atoms with Gasteiger partial charge >= 0.3 is 0 Å². The highest BCUT2D eigenvalue weighted by molar-refractivity contribution is 6.28. The first-order valence-electron chi connectivity index (χ1n) is 3.01. The molecule has 0 unspecified atom stereocenters. The molecule has 0 aliphatic heterocycles. The van der Waals surface area contributed by atoms with E-state index in [9.17, 15) is 0 Å². The molecule has 0 aliphatic rings. The molecule has 54 valence electrons. The fourth-order valence-corrected chi connectivity index (χ4v) is 0.810. The molecule has 0 atom stereocenters. The van der Waals surface area contributed by atoms with Crippen molar-refractivity contribution >= 4 is 17.4 Å². The Balaban J connectivity index is 3.07. The van der Waals surface area contributed by atoms with Gasteiger partial charge in [-0.1, -0.05) is 6.92 Å². The van der Waals surface area contributed by atoms with Gasteiger partial charge in [-0.2, -0.15) is 0 Å². The first-order chi connectivity index (χ1) is 4.74. The molecule has 4 heteroatoms. The van der Waals surface area contributed by atoms with Crippen molar-refractivity contribution in [2.75, 3.05) is 5.73 Å². The minimum absolute atomic E-state index is 0.203. The van der Waals surface area contributed by atoms with Crippen molar-refractivity contribution in [1.29, 1.82) is 0 Å². The van der Waals surface area contributed by atoms with E-state index in [1.165, 1.54) is 0 Å². The predicted molar refractivity (Wildman–Crippen MR) is 40.8 cm³/mol. The molecule has 1 aromatic heterocycles. The minimum Gasteiger partial charge on any atom is -0.383 e. The van der Waals surface area contributed by atoms with Gasteiger partial charge in [-0.25, -0.2) is 9.97 Å². The van der Waals surface area contributed by atoms with Crippen molar-refractivity contribution in [1.82, 2.24) is 9.97 Å². The highest BCUT2D eigenvalue weighted by atomic mass is 35.5. The lowest BCUT2D eigenvalue weighted by molar-refractivity contribution is 1.05. The Morgan fingerprint density at radius 3 is 2.90 bits per heavy atom. The number of halogens is 1. The van der Waals surface area contributed by atoms with Crippen LogP contribution in [0, 0.1) is 0 Å². The number of nitrogen functional groups attached to an aromatic ring is 1. The zero-order chi connectivity index (χ0) is 7.56. The van der Waals surface area contributed by atoms with Crippen molar-refractivity contribution in [3.05, 3.63) is 17.0 Å². The molecule has 2 N–H and O–H groups in total. The summed E-state index contributed by atoms with van der Waals surface area (Å²) in [6.07, 6.45) is 2.48. The third kappa shape index (κ3) is 1.36. The van der Waals surface area contributed by atoms with E-state index in [0.29, 0.717) is 5.82 Å². The fraction of sp³-hybridized carbons (Fsp3) is 0.333. The largest absolute Gasteiger partial charge is 0.383 e. The molecule has 10 heavy (non-hydrogen) atoms. The van der Waals surface area contributed by atoms with Gasteiger partial charge < -0.3 is 5.73 Å². The molecule has 0 bridgehead atoms. The summed E-state index contributed by atoms with van der Waals surface area (Å²) in [5.41, 5.74) is 6.43. The van der Waals surface area contributed by atoms with Crippen molar-refractivity contribution in [3.8, 4) is 0 Å². The SMILES string of the molecule is CCc1cnc(Cl)nc1N. The van der Waals surface area contributed by atoms with Crippen LogP contribution in [0.4, 0.5) is 5.82 Å². The van der Waals surface area contributed by atoms with Gasteiger partial charge in [0, 0.05) is 11.8 Å². The Kier molecular flexibility index (Phi) is 2.06. The topological polar surface area (TPSA) is 51.8 Å². The molecule has 1 aromatic rings. The maximum absolute atomic E-state index is 5.50. The van der Waals surface area contributed by atoms with Gasteiger partial charge in [-0.05, 0) is 18.0 Å². The summed E-state index contributed by atoms with van der Waals surface area (Å²) in [4.78, 5) is 7.56. The van der Waals surface area contributed by atoms with Crippen LogP contribution in [0.15, 0.2) is 6.20 Å². The number of rotatable bonds is 1. The molecule has 0 amide bonds. The number of hydrogen-bond donors (Lipinski definition) is 1. The summed E-state index contributed by atoms with van der Waals surface area (Å²) in [6, 6.07) is 0. The lowest BCUT2D eigenvalue weighted by atomic mass is 10.2. The van der Waals surface area contributed by atoms with Gasteiger partial charge in [0.1, 0.15) is 5.82 Å². The second-order valence-corrected chi connectivity index (χ2v) is 2.24. The van der Waals surface area contributed by atoms with E-state index < -0.39 is 0 Å². The van der Waals surface area contributed by atoms with Gasteiger partial charge in [0.2, 0.25) is 5.28 Å². The molecule has 1 rings (SSSR count). The Morgan fingerprint density at radius 1 is 1.70 bits per heavy atom. The van der Waals surface area contributed by atoms with Crippen molar-refractivity contribution < 1.29 is 0 Å². The molecular formula is C6H8ClN3. The third-order valence-corrected chi connectivity index (χ3v) is 1.43. The number of hydrogen-bond acceptors (Lipinski definition) is 3. The van der Waals surface area contributed by atoms with Crippen LogP contribution in [0.5, 0.6) is 0 Å². The van der Waals surface area contributed by atoms with Crippen LogP contribution in [0.25, 0.3) is 0 Å². The second kappa shape index (κ2) is 2.84. The normalized spacial score (nSPS) is 9.80. The summed E-state index contributed by atoms with van der Waals surface area (Å²) in [6.45, 7) is 1.99. The predicted octanol–water partition coefficient (Wildman–Crippen LogP) is 1.27. The molecular weight excluding hydrogens is 150 g/mol. The highest BCUT2D eigenvalue weighted by Gasteiger charge is 1.98. The maximum atomic E-state index is 5.50. The van der Waals surface area contributed by atoms with Crippen LogP contribution < -0.4 is 5.73 Å². The molecule has 0 fully saturated rings. The van der Waals surface area contributed by atoms with E-state index >= 15 is 0 Å². The van der Waals surface area contributed by atoms with Gasteiger partial charge in [0.25, 0.3) is 0 Å². The molecule has 0 spiro atoms. The van der Waals surface area contributed by atoms with Crippen LogP contribution >= 0.6 is 11.6 Å². The summed E-state index contributed by atoms with van der Waals surface area (Å²) >= 11 is 5.47. The molecule has 3 nitrogen and oxygen atoms in total. The van der Waals surface area contributed by atoms with Gasteiger partial charge in [0.05, 0.1) is 0 Å². The van der Waals surface area contributed by atoms with E-state index in [0.717, 1.165) is 12.0 Å². The van der Waals surface area contributed by atoms with Crippen molar-refractivity contribution in [3.63, 3.8) is 0 Å². The van der Waals surface area contributed by atoms with E-state index in [1.807, 2.05) is 6.92 Å². The number of nitrogens with zero attached hydrogens (tertiary/aromatic N) is 2. The van der Waals surface area contributed by atoms with E-state index in [1.54, 1.807) is 6.20 Å². The van der Waals surface area contributed by atoms with Crippen LogP contribution in [0.1, 0.15) is 12.5 Å². The van der Waals surface area contributed by atoms with Gasteiger partial charge in [-0.15, -0.1) is 0 Å². The zero-order valence-electron chi connectivity index (χ0n) is 5.63. The number of aryl methyl sites for hydroxylation is 1. The van der Waals surface area contributed by atoms with Crippen molar-refractivity contribution in [2.45, 2.75) is 13.3 Å². The van der Waals surface area contributed by atoms with E-state index in [4.69, 9.17) is 17.3 Å². The zero-order valence-corrected chi connectivity index (χ0v) is 6.39. The van der Waals surface area contributed by atoms with Crippen molar-refractivity contribution in [2.24, 2.45) is 0 Å². The Hall–Kier alpha value is -0.830. The van der Waals surface area contributed by atoms with Crippen LogP contribution in [-0.4, -0.2) is 9.97 Å². The number of anilines is 1. The van der Waals surface area contributed by atoms with Crippen LogP contribution in [0.2, 0.25) is 5.28 Å². The average molecular weight is 158 g/mol. The van der Waals surface area contributed by atoms with E-state index in [-0.39, 0.29) is 5.28 Å². The monoisotopic (exact) mass is 157 g/mol. The van der Waals surface area contributed by atoms with Crippen LogP contribution in [0.3, 0.4) is 0 Å². The lowest BCUT2D eigenvalue weighted by Gasteiger charge is -1.98. The molecule has 0 radical (unpaired) electrons. The number of nitrogens with two attached hydrogens (primary N) is 1. The molecule has 0 aromatic carbocycles. The molecule has 0 saturated heterocycles. The Labute approximate surface area is 64.2 Å². The molecule has 0 aliphatic carbocycles. The third-order valence-electron chi connectivity index (χ3n) is 1.25. The van der Waals surface area contributed by atoms with Crippen LogP contribution in [-0.2, 0) is 6.42 Å².